The Bertz CT molecular complexity index is 1040. The van der Waals surface area contributed by atoms with Crippen molar-refractivity contribution in [3.05, 3.63) is 70.8 Å². The van der Waals surface area contributed by atoms with Crippen molar-refractivity contribution < 1.29 is 14.7 Å². The lowest BCUT2D eigenvalue weighted by Gasteiger charge is -2.22. The zero-order chi connectivity index (χ0) is 19.8. The molecule has 4 rings (SSSR count). The molecule has 3 aromatic rings. The normalized spacial score (nSPS) is 14.5. The van der Waals surface area contributed by atoms with Crippen LogP contribution < -0.4 is 0 Å². The number of carboxylic acid groups (broad SMARTS) is 1. The fraction of sp³-hybridized carbons (Fsp3) is 0.217. The lowest BCUT2D eigenvalue weighted by atomic mass is 9.99. The van der Waals surface area contributed by atoms with Crippen LogP contribution in [0.15, 0.2) is 58.3 Å². The highest BCUT2D eigenvalue weighted by Gasteiger charge is 2.25. The number of thioether (sulfide) groups is 2. The second kappa shape index (κ2) is 7.64. The van der Waals surface area contributed by atoms with Crippen molar-refractivity contribution in [3.63, 3.8) is 0 Å². The summed E-state index contributed by atoms with van der Waals surface area (Å²) in [6.07, 6.45) is 0. The minimum absolute atomic E-state index is 0.0795. The second-order valence-electron chi connectivity index (χ2n) is 7.08. The first-order valence-electron chi connectivity index (χ1n) is 9.12. The summed E-state index contributed by atoms with van der Waals surface area (Å²) in [5.41, 5.74) is 3.34. The molecule has 0 amide bonds. The van der Waals surface area contributed by atoms with Crippen molar-refractivity contribution in [2.45, 2.75) is 23.6 Å². The summed E-state index contributed by atoms with van der Waals surface area (Å²) in [7, 11) is 0. The summed E-state index contributed by atoms with van der Waals surface area (Å²) in [6.45, 7) is 4.30. The number of aromatic carboxylic acids is 1. The van der Waals surface area contributed by atoms with Gasteiger partial charge in [-0.25, -0.2) is 4.79 Å². The first-order valence-corrected chi connectivity index (χ1v) is 11.1. The van der Waals surface area contributed by atoms with E-state index in [1.54, 1.807) is 35.7 Å². The van der Waals surface area contributed by atoms with E-state index >= 15 is 0 Å². The second-order valence-corrected chi connectivity index (χ2v) is 9.20. The van der Waals surface area contributed by atoms with Crippen LogP contribution >= 0.6 is 23.5 Å². The van der Waals surface area contributed by atoms with Gasteiger partial charge in [0.1, 0.15) is 0 Å². The van der Waals surface area contributed by atoms with Gasteiger partial charge in [-0.15, -0.1) is 23.5 Å². The summed E-state index contributed by atoms with van der Waals surface area (Å²) in [6, 6.07) is 14.9. The van der Waals surface area contributed by atoms with Crippen LogP contribution in [-0.4, -0.2) is 28.4 Å². The van der Waals surface area contributed by atoms with Gasteiger partial charge < -0.3 is 5.11 Å². The largest absolute Gasteiger partial charge is 0.478 e. The van der Waals surface area contributed by atoms with Crippen LogP contribution in [0.4, 0.5) is 0 Å². The fourth-order valence-electron chi connectivity index (χ4n) is 3.64. The molecule has 0 aliphatic carbocycles. The lowest BCUT2D eigenvalue weighted by molar-refractivity contribution is 0.0696. The van der Waals surface area contributed by atoms with E-state index in [1.165, 1.54) is 43.8 Å². The highest BCUT2D eigenvalue weighted by molar-refractivity contribution is 8.01. The summed E-state index contributed by atoms with van der Waals surface area (Å²) in [5, 5.41) is 11.7. The molecule has 0 saturated carbocycles. The number of Topliss-reactive ketones (excluding diaryl/α,β-unsaturated/α-hetero) is 1. The molecule has 3 aromatic carbocycles. The van der Waals surface area contributed by atoms with E-state index in [2.05, 4.69) is 38.1 Å². The molecule has 1 aliphatic heterocycles. The van der Waals surface area contributed by atoms with Crippen LogP contribution in [0, 0.1) is 19.8 Å². The standard InChI is InChI=1S/C23H20O3S2/c1-13-3-9-18-21-19(10-4-14(2)20(13)21)28-12-17(11-27-18)22(24)15-5-7-16(8-6-15)23(25)26/h3-10,17H,11-12H2,1-2H3,(H,25,26). The van der Waals surface area contributed by atoms with Gasteiger partial charge in [-0.2, -0.15) is 0 Å². The fourth-order valence-corrected chi connectivity index (χ4v) is 6.20. The Morgan fingerprint density at radius 1 is 0.786 bits per heavy atom. The topological polar surface area (TPSA) is 54.4 Å². The van der Waals surface area contributed by atoms with E-state index in [0.717, 1.165) is 11.5 Å². The van der Waals surface area contributed by atoms with Crippen LogP contribution in [0.2, 0.25) is 0 Å². The van der Waals surface area contributed by atoms with Crippen molar-refractivity contribution in [2.24, 2.45) is 5.92 Å². The number of benzene rings is 3. The van der Waals surface area contributed by atoms with E-state index in [4.69, 9.17) is 5.11 Å². The monoisotopic (exact) mass is 408 g/mol. The van der Waals surface area contributed by atoms with Crippen LogP contribution in [-0.2, 0) is 0 Å². The molecule has 142 valence electrons. The number of rotatable bonds is 3. The summed E-state index contributed by atoms with van der Waals surface area (Å²) in [4.78, 5) is 26.5. The highest BCUT2D eigenvalue weighted by atomic mass is 32.2. The molecule has 28 heavy (non-hydrogen) atoms. The van der Waals surface area contributed by atoms with Crippen LogP contribution in [0.1, 0.15) is 31.8 Å². The van der Waals surface area contributed by atoms with Crippen molar-refractivity contribution in [1.29, 1.82) is 0 Å². The third-order valence-corrected chi connectivity index (χ3v) is 7.61. The Hall–Kier alpha value is -2.24. The molecule has 0 spiro atoms. The minimum atomic E-state index is -0.980. The zero-order valence-corrected chi connectivity index (χ0v) is 17.3. The Morgan fingerprint density at radius 3 is 1.79 bits per heavy atom. The van der Waals surface area contributed by atoms with E-state index in [9.17, 15) is 9.59 Å². The maximum Gasteiger partial charge on any atom is 0.335 e. The lowest BCUT2D eigenvalue weighted by Crippen LogP contribution is -2.21. The Balaban J connectivity index is 1.64. The molecule has 0 atom stereocenters. The first-order chi connectivity index (χ1) is 13.5. The van der Waals surface area contributed by atoms with E-state index in [-0.39, 0.29) is 17.3 Å². The molecule has 0 fully saturated rings. The molecule has 0 bridgehead atoms. The maximum atomic E-state index is 13.0. The Labute approximate surface area is 172 Å². The van der Waals surface area contributed by atoms with Gasteiger partial charge in [0.2, 0.25) is 0 Å². The number of aryl methyl sites for hydroxylation is 2. The number of carbonyl (C=O) groups is 2. The van der Waals surface area contributed by atoms with E-state index in [1.807, 2.05) is 0 Å². The average molecular weight is 409 g/mol. The molecule has 0 saturated heterocycles. The van der Waals surface area contributed by atoms with Crippen molar-refractivity contribution in [2.75, 3.05) is 11.5 Å². The molecule has 0 radical (unpaired) electrons. The first kappa shape index (κ1) is 19.1. The highest BCUT2D eigenvalue weighted by Crippen LogP contribution is 2.42. The summed E-state index contributed by atoms with van der Waals surface area (Å²) < 4.78 is 0. The van der Waals surface area contributed by atoms with Crippen molar-refractivity contribution in [1.82, 2.24) is 0 Å². The summed E-state index contributed by atoms with van der Waals surface area (Å²) >= 11 is 3.49. The molecule has 0 unspecified atom stereocenters. The van der Waals surface area contributed by atoms with Gasteiger partial charge in [-0.3, -0.25) is 4.79 Å². The number of carboxylic acids is 1. The molecular weight excluding hydrogens is 388 g/mol. The van der Waals surface area contributed by atoms with Crippen LogP contribution in [0.3, 0.4) is 0 Å². The SMILES string of the molecule is Cc1ccc2c3c(ccc(C)c13)SCC(C(=O)c1ccc(C(=O)O)cc1)CS2. The number of carbonyl (C=O) groups excluding carboxylic acids is 1. The minimum Gasteiger partial charge on any atom is -0.478 e. The van der Waals surface area contributed by atoms with Gasteiger partial charge in [0.15, 0.2) is 5.78 Å². The van der Waals surface area contributed by atoms with Gasteiger partial charge in [-0.05, 0) is 54.6 Å². The van der Waals surface area contributed by atoms with Gasteiger partial charge in [-0.1, -0.05) is 24.3 Å². The molecular formula is C23H20O3S2. The molecule has 5 heteroatoms. The molecule has 1 aliphatic rings. The number of hydrogen-bond donors (Lipinski definition) is 1. The molecule has 0 aromatic heterocycles. The number of ketones is 1. The van der Waals surface area contributed by atoms with Crippen molar-refractivity contribution >= 4 is 46.0 Å². The van der Waals surface area contributed by atoms with Gasteiger partial charge in [0.25, 0.3) is 0 Å². The zero-order valence-electron chi connectivity index (χ0n) is 15.7. The van der Waals surface area contributed by atoms with Gasteiger partial charge in [0.05, 0.1) is 5.56 Å². The summed E-state index contributed by atoms with van der Waals surface area (Å²) in [5.74, 6) is 0.425. The Morgan fingerprint density at radius 2 is 1.29 bits per heavy atom. The third kappa shape index (κ3) is 3.45. The van der Waals surface area contributed by atoms with Crippen molar-refractivity contribution in [3.8, 4) is 0 Å². The predicted octanol–water partition coefficient (Wildman–Crippen LogP) is 5.85. The van der Waals surface area contributed by atoms with E-state index < -0.39 is 5.97 Å². The van der Waals surface area contributed by atoms with Crippen LogP contribution in [0.5, 0.6) is 0 Å². The molecule has 1 heterocycles. The predicted molar refractivity (Wildman–Crippen MR) is 116 cm³/mol. The quantitative estimate of drug-likeness (QED) is 0.551. The smallest absolute Gasteiger partial charge is 0.335 e. The van der Waals surface area contributed by atoms with Crippen LogP contribution in [0.25, 0.3) is 10.8 Å². The van der Waals surface area contributed by atoms with Gasteiger partial charge >= 0.3 is 5.97 Å². The molecule has 1 N–H and O–H groups in total. The van der Waals surface area contributed by atoms with Gasteiger partial charge in [0, 0.05) is 38.2 Å². The average Bonchev–Trinajstić information content (AvgIpc) is 2.68. The maximum absolute atomic E-state index is 13.0. The third-order valence-electron chi connectivity index (χ3n) is 5.17. The van der Waals surface area contributed by atoms with E-state index in [0.29, 0.717) is 5.56 Å². The Kier molecular flexibility index (Phi) is 5.21. The molecule has 3 nitrogen and oxygen atoms in total. The number of hydrogen-bond acceptors (Lipinski definition) is 4.